The van der Waals surface area contributed by atoms with Gasteiger partial charge in [-0.05, 0) is 0 Å². The van der Waals surface area contributed by atoms with E-state index in [4.69, 9.17) is 0 Å². The molecule has 0 spiro atoms. The van der Waals surface area contributed by atoms with Crippen molar-refractivity contribution in [2.75, 3.05) is 0 Å². The van der Waals surface area contributed by atoms with Gasteiger partial charge in [0.05, 0.1) is 0 Å². The van der Waals surface area contributed by atoms with E-state index in [0.717, 1.165) is 24.7 Å². The van der Waals surface area contributed by atoms with Crippen LogP contribution >= 0.6 is 24.8 Å². The van der Waals surface area contributed by atoms with E-state index in [9.17, 15) is 0 Å². The number of rotatable bonds is 12. The third-order valence-electron chi connectivity index (χ3n) is 13.8. The van der Waals surface area contributed by atoms with Crippen molar-refractivity contribution in [2.45, 2.75) is 120 Å². The van der Waals surface area contributed by atoms with Gasteiger partial charge in [0.2, 0.25) is 0 Å². The normalized spacial score (nSPS) is 19.9. The summed E-state index contributed by atoms with van der Waals surface area (Å²) in [4.78, 5) is 0. The zero-order valence-electron chi connectivity index (χ0n) is 33.5. The first-order valence-electron chi connectivity index (χ1n) is 21.1. The van der Waals surface area contributed by atoms with Crippen molar-refractivity contribution in [3.05, 3.63) is 129 Å². The summed E-state index contributed by atoms with van der Waals surface area (Å²) in [5, 5.41) is 0. The van der Waals surface area contributed by atoms with Crippen LogP contribution in [0, 0.1) is 11.8 Å². The number of hydrogen-bond acceptors (Lipinski definition) is 0. The molecule has 0 heterocycles. The van der Waals surface area contributed by atoms with Gasteiger partial charge in [-0.25, -0.2) is 0 Å². The van der Waals surface area contributed by atoms with Gasteiger partial charge < -0.3 is 0 Å². The van der Waals surface area contributed by atoms with Crippen LogP contribution in [0.15, 0.2) is 96.1 Å². The maximum absolute atomic E-state index is 3.78. The molecule has 4 aromatic rings. The van der Waals surface area contributed by atoms with Gasteiger partial charge in [-0.2, -0.15) is 0 Å². The predicted octanol–water partition coefficient (Wildman–Crippen LogP) is 14.8. The SMILES string of the molecule is CCCc1ccc(-c2cccc3c2C=C(CC2CCCC2)[CH]3[Zr]([CH3])([CH3])(=[SiH2])[CH]2C(CC3CCCC3)=Cc3c(-c4ccc(CCC)cc4)cccc32)cc1.Cl.Cl. The Morgan fingerprint density at radius 3 is 1.26 bits per heavy atom. The van der Waals surface area contributed by atoms with Gasteiger partial charge in [-0.1, -0.05) is 0 Å². The van der Waals surface area contributed by atoms with Crippen LogP contribution in [-0.2, 0) is 30.2 Å². The molecule has 2 atom stereocenters. The first-order chi connectivity index (χ1) is 25.2. The maximum atomic E-state index is 2.89. The fourth-order valence-electron chi connectivity index (χ4n) is 11.6. The number of fused-ring (bicyclic) bond motifs is 2. The quantitative estimate of drug-likeness (QED) is 0.125. The standard InChI is InChI=1S/2C24H27.2CH3.2ClH.H2Si.Zr/c2*1-2-6-18-11-13-21(14-12-18)23-10-5-9-22-16-20(17-24(22)23)15-19-7-3-4-8-19;;;;;;/h2*5,9-14,16-17,19H,2-4,6-8,15H2,1H3;2*1H3;2*1H;1H2;. The van der Waals surface area contributed by atoms with Gasteiger partial charge in [0.25, 0.3) is 0 Å². The summed E-state index contributed by atoms with van der Waals surface area (Å²) in [5.74, 6) is 1.70. The predicted molar refractivity (Wildman–Crippen MR) is 241 cm³/mol. The first kappa shape index (κ1) is 41.7. The molecule has 8 rings (SSSR count). The van der Waals surface area contributed by atoms with Gasteiger partial charge in [-0.3, -0.25) is 0 Å². The molecule has 4 aromatic carbocycles. The number of allylic oxidation sites excluding steroid dienone is 2. The van der Waals surface area contributed by atoms with Gasteiger partial charge in [-0.15, -0.1) is 24.8 Å². The van der Waals surface area contributed by atoms with Crippen LogP contribution in [0.5, 0.6) is 0 Å². The summed E-state index contributed by atoms with van der Waals surface area (Å²) in [7, 11) is 0. The van der Waals surface area contributed by atoms with Crippen LogP contribution in [0.2, 0.25) is 9.26 Å². The monoisotopic (exact) mass is 852 g/mol. The Kier molecular flexibility index (Phi) is 13.3. The molecule has 4 heteroatoms. The zero-order chi connectivity index (χ0) is 35.9. The largest absolute Gasteiger partial charge is 0.147 e. The smallest absolute Gasteiger partial charge is 0.147 e. The van der Waals surface area contributed by atoms with Gasteiger partial charge in [0.1, 0.15) is 0 Å². The van der Waals surface area contributed by atoms with Crippen molar-refractivity contribution < 1.29 is 17.4 Å². The van der Waals surface area contributed by atoms with Crippen LogP contribution < -0.4 is 0 Å². The number of benzene rings is 4. The number of hydrogen-bond donors (Lipinski definition) is 0. The average molecular weight is 855 g/mol. The molecule has 4 aliphatic rings. The van der Waals surface area contributed by atoms with E-state index >= 15 is 0 Å². The van der Waals surface area contributed by atoms with E-state index in [-0.39, 0.29) is 24.8 Å². The average Bonchev–Trinajstić information content (AvgIpc) is 3.96. The molecule has 0 amide bonds. The topological polar surface area (TPSA) is 0 Å². The Morgan fingerprint density at radius 2 is 0.907 bits per heavy atom. The zero-order valence-corrected chi connectivity index (χ0v) is 39.0. The fraction of sp³-hybridized carbons (Fsp3) is 0.440. The van der Waals surface area contributed by atoms with Crippen LogP contribution in [0.3, 0.4) is 0 Å². The second-order valence-corrected chi connectivity index (χ2v) is 48.9. The maximum Gasteiger partial charge on any atom is -0.147 e. The Hall–Kier alpha value is -1.96. The summed E-state index contributed by atoms with van der Waals surface area (Å²) in [5.41, 5.74) is 18.6. The van der Waals surface area contributed by atoms with Crippen LogP contribution in [-0.4, -0.2) is 6.88 Å². The third-order valence-corrected chi connectivity index (χ3v) is 31.3. The van der Waals surface area contributed by atoms with E-state index in [2.05, 4.69) is 127 Å². The minimum Gasteiger partial charge on any atom is -0.147 e. The van der Waals surface area contributed by atoms with E-state index < -0.39 is 17.4 Å². The number of halogens is 2. The first-order valence-corrected chi connectivity index (χ1v) is 34.8. The van der Waals surface area contributed by atoms with Gasteiger partial charge in [0, 0.05) is 0 Å². The van der Waals surface area contributed by atoms with Crippen molar-refractivity contribution >= 4 is 43.8 Å². The van der Waals surface area contributed by atoms with E-state index in [1.54, 1.807) is 33.4 Å². The Bertz CT molecular complexity index is 1910. The fourth-order valence-corrected chi connectivity index (χ4v) is 31.3. The van der Waals surface area contributed by atoms with Gasteiger partial charge >= 0.3 is 320 Å². The molecule has 0 radical (unpaired) electrons. The second-order valence-electron chi connectivity index (χ2n) is 18.5. The summed E-state index contributed by atoms with van der Waals surface area (Å²) >= 11 is -3.78. The minimum absolute atomic E-state index is 0. The van der Waals surface area contributed by atoms with Crippen LogP contribution in [0.4, 0.5) is 0 Å². The molecule has 286 valence electrons. The molecule has 0 N–H and O–H groups in total. The summed E-state index contributed by atoms with van der Waals surface area (Å²) in [6.07, 6.45) is 24.1. The molecule has 0 aromatic heterocycles. The molecule has 2 saturated carbocycles. The molecular weight excluding hydrogens is 791 g/mol. The molecule has 2 fully saturated rings. The number of aryl methyl sites for hydroxylation is 2. The summed E-state index contributed by atoms with van der Waals surface area (Å²) in [6.45, 7) is 7.13. The van der Waals surface area contributed by atoms with Crippen molar-refractivity contribution in [1.29, 1.82) is 0 Å². The third kappa shape index (κ3) is 8.08. The van der Waals surface area contributed by atoms with E-state index in [1.807, 2.05) is 0 Å². The minimum atomic E-state index is -3.78. The molecule has 0 nitrogen and oxygen atoms in total. The molecular formula is C50H64Cl2SiZr. The van der Waals surface area contributed by atoms with Crippen molar-refractivity contribution in [3.63, 3.8) is 0 Å². The molecule has 0 bridgehead atoms. The van der Waals surface area contributed by atoms with E-state index in [0.29, 0.717) is 7.25 Å². The molecule has 0 aliphatic heterocycles. The summed E-state index contributed by atoms with van der Waals surface area (Å²) in [6, 6.07) is 33.9. The van der Waals surface area contributed by atoms with Gasteiger partial charge in [0.15, 0.2) is 0 Å². The molecule has 4 aliphatic carbocycles. The molecule has 2 unspecified atom stereocenters. The Balaban J connectivity index is 0.00000249. The van der Waals surface area contributed by atoms with E-state index in [1.165, 1.54) is 110 Å². The molecule has 54 heavy (non-hydrogen) atoms. The van der Waals surface area contributed by atoms with Crippen LogP contribution in [0.1, 0.15) is 132 Å². The summed E-state index contributed by atoms with van der Waals surface area (Å²) < 4.78 is 6.94. The van der Waals surface area contributed by atoms with Crippen molar-refractivity contribution in [3.8, 4) is 22.3 Å². The molecule has 0 saturated heterocycles. The van der Waals surface area contributed by atoms with Crippen molar-refractivity contribution in [1.82, 2.24) is 0 Å². The van der Waals surface area contributed by atoms with Crippen LogP contribution in [0.25, 0.3) is 34.4 Å². The Labute approximate surface area is 342 Å². The van der Waals surface area contributed by atoms with Crippen molar-refractivity contribution in [2.24, 2.45) is 11.8 Å². The Morgan fingerprint density at radius 1 is 0.537 bits per heavy atom. The second kappa shape index (κ2) is 17.3.